The number of halogens is 1. The third-order valence-corrected chi connectivity index (χ3v) is 3.11. The number of nitrogens with zero attached hydrogens (tertiary/aromatic N) is 4. The van der Waals surface area contributed by atoms with E-state index < -0.39 is 12.2 Å². The molecule has 1 amide bonds. The summed E-state index contributed by atoms with van der Waals surface area (Å²) >= 11 is 3.31. The summed E-state index contributed by atoms with van der Waals surface area (Å²) in [6.45, 7) is 0.221. The van der Waals surface area contributed by atoms with Crippen LogP contribution in [0.2, 0.25) is 0 Å². The van der Waals surface area contributed by atoms with Gasteiger partial charge in [0.2, 0.25) is 0 Å². The second-order valence-electron chi connectivity index (χ2n) is 3.63. The first-order valence-electron chi connectivity index (χ1n) is 5.10. The summed E-state index contributed by atoms with van der Waals surface area (Å²) in [6, 6.07) is 5.16. The molecule has 1 aliphatic rings. The molecule has 1 aliphatic heterocycles. The van der Waals surface area contributed by atoms with Crippen LogP contribution >= 0.6 is 15.9 Å². The third kappa shape index (κ3) is 2.34. The Bertz CT molecular complexity index is 530. The van der Waals surface area contributed by atoms with Crippen LogP contribution in [0.3, 0.4) is 0 Å². The molecule has 1 unspecified atom stereocenters. The molecule has 1 heterocycles. The van der Waals surface area contributed by atoms with Gasteiger partial charge >= 0.3 is 6.09 Å². The maximum atomic E-state index is 11.2. The molecule has 0 aliphatic carbocycles. The first-order valence-corrected chi connectivity index (χ1v) is 5.89. The van der Waals surface area contributed by atoms with Crippen molar-refractivity contribution in [2.45, 2.75) is 6.10 Å². The molecule has 0 bridgehead atoms. The molecule has 0 spiro atoms. The Morgan fingerprint density at radius 2 is 2.50 bits per heavy atom. The average molecular weight is 313 g/mol. The summed E-state index contributed by atoms with van der Waals surface area (Å²) < 4.78 is 6.29. The smallest absolute Gasteiger partial charge is 0.412 e. The highest BCUT2D eigenvalue weighted by atomic mass is 79.9. The lowest BCUT2D eigenvalue weighted by Gasteiger charge is -2.33. The van der Waals surface area contributed by atoms with E-state index in [1.165, 1.54) is 4.90 Å². The number of carboxylic acid groups (broad SMARTS) is 1. The van der Waals surface area contributed by atoms with Gasteiger partial charge in [-0.3, -0.25) is 4.90 Å². The van der Waals surface area contributed by atoms with Crippen LogP contribution in [0.15, 0.2) is 27.8 Å². The molecular weight excluding hydrogens is 304 g/mol. The molecule has 1 atom stereocenters. The summed E-state index contributed by atoms with van der Waals surface area (Å²) in [5, 5.41) is 12.6. The summed E-state index contributed by atoms with van der Waals surface area (Å²) in [7, 11) is 0. The molecule has 0 aromatic heterocycles. The lowest BCUT2D eigenvalue weighted by atomic mass is 10.2. The lowest BCUT2D eigenvalue weighted by Crippen LogP contribution is -2.44. The highest BCUT2D eigenvalue weighted by Gasteiger charge is 2.30. The van der Waals surface area contributed by atoms with E-state index in [1.807, 2.05) is 0 Å². The third-order valence-electron chi connectivity index (χ3n) is 2.49. The summed E-state index contributed by atoms with van der Waals surface area (Å²) in [4.78, 5) is 15.0. The number of anilines is 1. The van der Waals surface area contributed by atoms with E-state index in [1.54, 1.807) is 18.2 Å². The summed E-state index contributed by atoms with van der Waals surface area (Å²) in [5.41, 5.74) is 8.77. The first kappa shape index (κ1) is 12.5. The van der Waals surface area contributed by atoms with Gasteiger partial charge in [0.15, 0.2) is 5.75 Å². The number of amides is 1. The topological polar surface area (TPSA) is 98.5 Å². The normalized spacial score (nSPS) is 17.4. The number of carbonyl (C=O) groups is 1. The molecule has 2 rings (SSSR count). The zero-order chi connectivity index (χ0) is 13.1. The van der Waals surface area contributed by atoms with Crippen molar-refractivity contribution in [1.29, 1.82) is 0 Å². The van der Waals surface area contributed by atoms with Crippen LogP contribution in [0.1, 0.15) is 0 Å². The van der Waals surface area contributed by atoms with E-state index in [0.29, 0.717) is 15.9 Å². The van der Waals surface area contributed by atoms with Crippen LogP contribution in [-0.2, 0) is 0 Å². The molecule has 8 heteroatoms. The van der Waals surface area contributed by atoms with Crippen molar-refractivity contribution in [3.05, 3.63) is 33.1 Å². The number of hydrogen-bond acceptors (Lipinski definition) is 3. The predicted molar refractivity (Wildman–Crippen MR) is 67.9 cm³/mol. The van der Waals surface area contributed by atoms with Gasteiger partial charge in [0, 0.05) is 4.91 Å². The van der Waals surface area contributed by atoms with Crippen molar-refractivity contribution in [3.8, 4) is 5.75 Å². The molecule has 0 saturated carbocycles. The predicted octanol–water partition coefficient (Wildman–Crippen LogP) is 3.00. The van der Waals surface area contributed by atoms with Crippen LogP contribution < -0.4 is 9.64 Å². The van der Waals surface area contributed by atoms with Crippen LogP contribution in [0.5, 0.6) is 5.75 Å². The van der Waals surface area contributed by atoms with Crippen LogP contribution in [0.4, 0.5) is 10.5 Å². The number of ether oxygens (including phenoxy) is 1. The molecule has 1 N–H and O–H groups in total. The Morgan fingerprint density at radius 3 is 3.17 bits per heavy atom. The molecule has 0 radical (unpaired) electrons. The van der Waals surface area contributed by atoms with Gasteiger partial charge < -0.3 is 9.84 Å². The number of azide groups is 1. The van der Waals surface area contributed by atoms with Crippen molar-refractivity contribution in [2.24, 2.45) is 5.11 Å². The monoisotopic (exact) mass is 312 g/mol. The Morgan fingerprint density at radius 1 is 1.72 bits per heavy atom. The first-order chi connectivity index (χ1) is 8.63. The molecule has 94 valence electrons. The number of rotatable bonds is 2. The largest absolute Gasteiger partial charge is 0.485 e. The van der Waals surface area contributed by atoms with Gasteiger partial charge in [0.05, 0.1) is 23.2 Å². The standard InChI is InChI=1S/C10H9BrN4O3/c11-7-2-1-3-8-9(7)18-6(4-13-14-12)5-15(8)10(16)17/h1-3,6H,4-5H2,(H,16,17). The fourth-order valence-electron chi connectivity index (χ4n) is 1.74. The van der Waals surface area contributed by atoms with Crippen LogP contribution in [0, 0.1) is 0 Å². The van der Waals surface area contributed by atoms with Gasteiger partial charge in [-0.15, -0.1) is 0 Å². The van der Waals surface area contributed by atoms with Crippen molar-refractivity contribution < 1.29 is 14.6 Å². The van der Waals surface area contributed by atoms with E-state index in [4.69, 9.17) is 10.3 Å². The average Bonchev–Trinajstić information content (AvgIpc) is 2.36. The van der Waals surface area contributed by atoms with Crippen LogP contribution in [-0.4, -0.2) is 30.4 Å². The molecule has 1 aromatic rings. The van der Waals surface area contributed by atoms with Gasteiger partial charge in [-0.25, -0.2) is 4.79 Å². The minimum absolute atomic E-state index is 0.0844. The van der Waals surface area contributed by atoms with E-state index in [0.717, 1.165) is 0 Å². The fraction of sp³-hybridized carbons (Fsp3) is 0.300. The summed E-state index contributed by atoms with van der Waals surface area (Å²) in [6.07, 6.45) is -1.55. The zero-order valence-electron chi connectivity index (χ0n) is 9.15. The Kier molecular flexibility index (Phi) is 3.59. The Balaban J connectivity index is 2.37. The lowest BCUT2D eigenvalue weighted by molar-refractivity contribution is 0.176. The molecule has 7 nitrogen and oxygen atoms in total. The number of para-hydroxylation sites is 1. The minimum Gasteiger partial charge on any atom is -0.485 e. The minimum atomic E-state index is -1.07. The molecule has 18 heavy (non-hydrogen) atoms. The van der Waals surface area contributed by atoms with E-state index in [-0.39, 0.29) is 13.1 Å². The van der Waals surface area contributed by atoms with Crippen molar-refractivity contribution in [2.75, 3.05) is 18.0 Å². The Hall–Kier alpha value is -1.92. The van der Waals surface area contributed by atoms with E-state index in [9.17, 15) is 9.90 Å². The SMILES string of the molecule is [N-]=[N+]=NCC1CN(C(=O)O)c2cccc(Br)c2O1. The van der Waals surface area contributed by atoms with E-state index >= 15 is 0 Å². The second-order valence-corrected chi connectivity index (χ2v) is 4.49. The summed E-state index contributed by atoms with van der Waals surface area (Å²) in [5.74, 6) is 0.448. The molecule has 0 fully saturated rings. The number of fused-ring (bicyclic) bond motifs is 1. The van der Waals surface area contributed by atoms with E-state index in [2.05, 4.69) is 26.0 Å². The highest BCUT2D eigenvalue weighted by Crippen LogP contribution is 2.39. The maximum absolute atomic E-state index is 11.2. The molecular formula is C10H9BrN4O3. The van der Waals surface area contributed by atoms with Gasteiger partial charge in [-0.1, -0.05) is 11.2 Å². The fourth-order valence-corrected chi connectivity index (χ4v) is 2.19. The maximum Gasteiger partial charge on any atom is 0.412 e. The van der Waals surface area contributed by atoms with Gasteiger partial charge in [-0.05, 0) is 33.6 Å². The zero-order valence-corrected chi connectivity index (χ0v) is 10.7. The van der Waals surface area contributed by atoms with Crippen molar-refractivity contribution in [3.63, 3.8) is 0 Å². The van der Waals surface area contributed by atoms with Crippen LogP contribution in [0.25, 0.3) is 10.4 Å². The second kappa shape index (κ2) is 5.16. The van der Waals surface area contributed by atoms with Crippen molar-refractivity contribution in [1.82, 2.24) is 0 Å². The molecule has 0 saturated heterocycles. The van der Waals surface area contributed by atoms with Gasteiger partial charge in [0.1, 0.15) is 6.10 Å². The number of hydrogen-bond donors (Lipinski definition) is 1. The molecule has 1 aromatic carbocycles. The highest BCUT2D eigenvalue weighted by molar-refractivity contribution is 9.10. The van der Waals surface area contributed by atoms with Crippen molar-refractivity contribution >= 4 is 27.7 Å². The quantitative estimate of drug-likeness (QED) is 0.516. The number of benzene rings is 1. The van der Waals surface area contributed by atoms with Gasteiger partial charge in [-0.2, -0.15) is 0 Å². The Labute approximate surface area is 111 Å². The van der Waals surface area contributed by atoms with Gasteiger partial charge in [0.25, 0.3) is 0 Å².